The lowest BCUT2D eigenvalue weighted by molar-refractivity contribution is 0.112. The number of hydrogen-bond acceptors (Lipinski definition) is 4. The van der Waals surface area contributed by atoms with E-state index in [1.54, 1.807) is 16.8 Å². The molecule has 0 aliphatic rings. The number of carbonyl (C=O) groups excluding carboxylic acids is 1. The monoisotopic (exact) mass is 227 g/mol. The number of halogens is 1. The van der Waals surface area contributed by atoms with Crippen LogP contribution in [0.5, 0.6) is 0 Å². The molecule has 0 saturated heterocycles. The molecule has 0 amide bonds. The summed E-state index contributed by atoms with van der Waals surface area (Å²) in [5.74, 6) is 0. The van der Waals surface area contributed by atoms with Crippen molar-refractivity contribution in [3.05, 3.63) is 23.2 Å². The maximum atomic E-state index is 10.7. The highest BCUT2D eigenvalue weighted by Gasteiger charge is 2.12. The van der Waals surface area contributed by atoms with Crippen LogP contribution in [-0.4, -0.2) is 26.9 Å². The molecule has 6 heteroatoms. The quantitative estimate of drug-likeness (QED) is 0.581. The smallest absolute Gasteiger partial charge is 0.173 e. The van der Waals surface area contributed by atoms with E-state index in [1.165, 1.54) is 11.8 Å². The van der Waals surface area contributed by atoms with Crippen LogP contribution in [0.25, 0.3) is 5.52 Å². The molecule has 0 spiro atoms. The lowest BCUT2D eigenvalue weighted by Crippen LogP contribution is -1.89. The van der Waals surface area contributed by atoms with Crippen molar-refractivity contribution in [2.45, 2.75) is 5.16 Å². The van der Waals surface area contributed by atoms with E-state index < -0.39 is 0 Å². The van der Waals surface area contributed by atoms with Gasteiger partial charge in [0.2, 0.25) is 0 Å². The predicted molar refractivity (Wildman–Crippen MR) is 55.2 cm³/mol. The van der Waals surface area contributed by atoms with Crippen molar-refractivity contribution in [1.29, 1.82) is 0 Å². The van der Waals surface area contributed by atoms with E-state index >= 15 is 0 Å². The third-order valence-electron chi connectivity index (χ3n) is 1.80. The maximum Gasteiger partial charge on any atom is 0.173 e. The van der Waals surface area contributed by atoms with Gasteiger partial charge >= 0.3 is 0 Å². The van der Waals surface area contributed by atoms with Crippen molar-refractivity contribution in [2.75, 3.05) is 6.26 Å². The number of hydrogen-bond donors (Lipinski definition) is 0. The molecule has 2 aromatic heterocycles. The average Bonchev–Trinajstić information content (AvgIpc) is 2.57. The van der Waals surface area contributed by atoms with Gasteiger partial charge in [0, 0.05) is 12.4 Å². The second-order valence-electron chi connectivity index (χ2n) is 2.54. The summed E-state index contributed by atoms with van der Waals surface area (Å²) in [6.07, 6.45) is 5.87. The maximum absolute atomic E-state index is 10.7. The van der Waals surface area contributed by atoms with Gasteiger partial charge in [0.25, 0.3) is 0 Å². The van der Waals surface area contributed by atoms with Crippen LogP contribution < -0.4 is 0 Å². The Kier molecular flexibility index (Phi) is 2.43. The molecule has 0 aliphatic carbocycles. The standard InChI is InChI=1S/C8H6ClN3OS/c1-14-8-11-5(4-13)6-7(9)10-2-3-12(6)8/h2-4H,1H3. The molecule has 0 unspecified atom stereocenters. The Morgan fingerprint density at radius 2 is 2.43 bits per heavy atom. The molecular weight excluding hydrogens is 222 g/mol. The van der Waals surface area contributed by atoms with Gasteiger partial charge in [0.15, 0.2) is 16.6 Å². The third-order valence-corrected chi connectivity index (χ3v) is 2.73. The minimum atomic E-state index is 0.294. The normalized spacial score (nSPS) is 10.7. The highest BCUT2D eigenvalue weighted by molar-refractivity contribution is 7.98. The van der Waals surface area contributed by atoms with Crippen molar-refractivity contribution < 1.29 is 4.79 Å². The Bertz CT molecular complexity index is 497. The molecule has 0 N–H and O–H groups in total. The van der Waals surface area contributed by atoms with Gasteiger partial charge in [-0.3, -0.25) is 9.20 Å². The molecular formula is C8H6ClN3OS. The Morgan fingerprint density at radius 1 is 1.64 bits per heavy atom. The fourth-order valence-corrected chi connectivity index (χ4v) is 2.01. The molecule has 0 bridgehead atoms. The largest absolute Gasteiger partial charge is 0.296 e. The van der Waals surface area contributed by atoms with E-state index in [0.717, 1.165) is 5.16 Å². The summed E-state index contributed by atoms with van der Waals surface area (Å²) in [5.41, 5.74) is 0.890. The summed E-state index contributed by atoms with van der Waals surface area (Å²) < 4.78 is 1.75. The number of carbonyl (C=O) groups is 1. The summed E-state index contributed by atoms with van der Waals surface area (Å²) in [4.78, 5) is 18.8. The van der Waals surface area contributed by atoms with E-state index in [2.05, 4.69) is 9.97 Å². The lowest BCUT2D eigenvalue weighted by atomic mass is 10.4. The zero-order valence-electron chi connectivity index (χ0n) is 7.27. The van der Waals surface area contributed by atoms with Gasteiger partial charge in [-0.2, -0.15) is 0 Å². The zero-order valence-corrected chi connectivity index (χ0v) is 8.84. The lowest BCUT2D eigenvalue weighted by Gasteiger charge is -1.97. The van der Waals surface area contributed by atoms with Crippen LogP contribution in [-0.2, 0) is 0 Å². The van der Waals surface area contributed by atoms with Crippen molar-refractivity contribution >= 4 is 35.2 Å². The highest BCUT2D eigenvalue weighted by atomic mass is 35.5. The van der Waals surface area contributed by atoms with Crippen molar-refractivity contribution in [3.8, 4) is 0 Å². The highest BCUT2D eigenvalue weighted by Crippen LogP contribution is 2.23. The summed E-state index contributed by atoms with van der Waals surface area (Å²) >= 11 is 7.32. The second kappa shape index (κ2) is 3.59. The van der Waals surface area contributed by atoms with Gasteiger partial charge in [0.05, 0.1) is 0 Å². The van der Waals surface area contributed by atoms with Gasteiger partial charge in [-0.05, 0) is 6.26 Å². The van der Waals surface area contributed by atoms with Crippen molar-refractivity contribution in [1.82, 2.24) is 14.4 Å². The Morgan fingerprint density at radius 3 is 3.07 bits per heavy atom. The zero-order chi connectivity index (χ0) is 10.1. The summed E-state index contributed by atoms with van der Waals surface area (Å²) in [6, 6.07) is 0. The first-order valence-electron chi connectivity index (χ1n) is 3.79. The minimum Gasteiger partial charge on any atom is -0.296 e. The second-order valence-corrected chi connectivity index (χ2v) is 3.67. The summed E-state index contributed by atoms with van der Waals surface area (Å²) in [7, 11) is 0. The Hall–Kier alpha value is -1.07. The molecule has 0 atom stereocenters. The molecule has 14 heavy (non-hydrogen) atoms. The fourth-order valence-electron chi connectivity index (χ4n) is 1.23. The van der Waals surface area contributed by atoms with E-state index in [1.807, 2.05) is 6.26 Å². The van der Waals surface area contributed by atoms with Gasteiger partial charge < -0.3 is 0 Å². The summed E-state index contributed by atoms with van der Waals surface area (Å²) in [6.45, 7) is 0. The van der Waals surface area contributed by atoms with Crippen LogP contribution in [0.1, 0.15) is 10.5 Å². The Balaban J connectivity index is 2.89. The molecule has 2 aromatic rings. The van der Waals surface area contributed by atoms with Crippen LogP contribution in [0.3, 0.4) is 0 Å². The third kappa shape index (κ3) is 1.29. The van der Waals surface area contributed by atoms with Crippen LogP contribution in [0.15, 0.2) is 17.6 Å². The fraction of sp³-hybridized carbons (Fsp3) is 0.125. The number of fused-ring (bicyclic) bond motifs is 1. The van der Waals surface area contributed by atoms with E-state index in [9.17, 15) is 4.79 Å². The molecule has 72 valence electrons. The number of aldehydes is 1. The molecule has 0 aromatic carbocycles. The van der Waals surface area contributed by atoms with Gasteiger partial charge in [0.1, 0.15) is 11.2 Å². The molecule has 2 rings (SSSR count). The van der Waals surface area contributed by atoms with E-state index in [0.29, 0.717) is 22.6 Å². The topological polar surface area (TPSA) is 47.3 Å². The molecule has 2 heterocycles. The van der Waals surface area contributed by atoms with Crippen molar-refractivity contribution in [2.24, 2.45) is 0 Å². The number of rotatable bonds is 2. The van der Waals surface area contributed by atoms with Crippen LogP contribution in [0.2, 0.25) is 5.15 Å². The van der Waals surface area contributed by atoms with Gasteiger partial charge in [-0.15, -0.1) is 0 Å². The number of aromatic nitrogens is 3. The number of imidazole rings is 1. The van der Waals surface area contributed by atoms with Crippen LogP contribution in [0, 0.1) is 0 Å². The van der Waals surface area contributed by atoms with Crippen LogP contribution >= 0.6 is 23.4 Å². The number of nitrogens with zero attached hydrogens (tertiary/aromatic N) is 3. The van der Waals surface area contributed by atoms with Crippen molar-refractivity contribution in [3.63, 3.8) is 0 Å². The molecule has 0 aliphatic heterocycles. The molecule has 0 fully saturated rings. The van der Waals surface area contributed by atoms with Gasteiger partial charge in [-0.25, -0.2) is 9.97 Å². The molecule has 4 nitrogen and oxygen atoms in total. The Labute approximate surface area is 89.3 Å². The first-order chi connectivity index (χ1) is 6.77. The van der Waals surface area contributed by atoms with E-state index in [4.69, 9.17) is 11.6 Å². The first-order valence-corrected chi connectivity index (χ1v) is 5.40. The predicted octanol–water partition coefficient (Wildman–Crippen LogP) is 1.92. The molecule has 0 radical (unpaired) electrons. The van der Waals surface area contributed by atoms with Gasteiger partial charge in [-0.1, -0.05) is 23.4 Å². The van der Waals surface area contributed by atoms with Crippen LogP contribution in [0.4, 0.5) is 0 Å². The average molecular weight is 228 g/mol. The summed E-state index contributed by atoms with van der Waals surface area (Å²) in [5, 5.41) is 1.02. The minimum absolute atomic E-state index is 0.294. The first kappa shape index (κ1) is 9.48. The number of thioether (sulfide) groups is 1. The SMILES string of the molecule is CSc1nc(C=O)c2c(Cl)nccn12. The molecule has 0 saturated carbocycles. The van der Waals surface area contributed by atoms with E-state index in [-0.39, 0.29) is 0 Å².